The molecule has 3 aromatic rings. The van der Waals surface area contributed by atoms with Crippen molar-refractivity contribution in [2.24, 2.45) is 0 Å². The van der Waals surface area contributed by atoms with Gasteiger partial charge in [-0.3, -0.25) is 4.79 Å². The summed E-state index contributed by atoms with van der Waals surface area (Å²) < 4.78 is 5.37. The first-order valence-electron chi connectivity index (χ1n) is 7.14. The standard InChI is InChI=1S/C18H15N3O2/c1-23-16-4-2-3-15-18(16)13(11-20-15)9-17(22)21-14-7-5-12(10-19)6-8-14/h2-8,11,20H,9H2,1H3,(H,21,22). The Hall–Kier alpha value is -3.26. The number of aromatic nitrogens is 1. The quantitative estimate of drug-likeness (QED) is 0.776. The Morgan fingerprint density at radius 2 is 2.04 bits per heavy atom. The number of methoxy groups -OCH3 is 1. The highest BCUT2D eigenvalue weighted by atomic mass is 16.5. The molecule has 5 nitrogen and oxygen atoms in total. The Bertz CT molecular complexity index is 889. The van der Waals surface area contributed by atoms with Gasteiger partial charge in [0.05, 0.1) is 25.2 Å². The Labute approximate surface area is 133 Å². The van der Waals surface area contributed by atoms with E-state index in [1.807, 2.05) is 30.5 Å². The van der Waals surface area contributed by atoms with E-state index in [2.05, 4.69) is 10.3 Å². The van der Waals surface area contributed by atoms with Crippen molar-refractivity contribution < 1.29 is 9.53 Å². The average molecular weight is 305 g/mol. The molecule has 2 N–H and O–H groups in total. The van der Waals surface area contributed by atoms with Crippen LogP contribution in [-0.2, 0) is 11.2 Å². The zero-order chi connectivity index (χ0) is 16.2. The molecule has 0 spiro atoms. The van der Waals surface area contributed by atoms with E-state index in [1.165, 1.54) is 0 Å². The van der Waals surface area contributed by atoms with Gasteiger partial charge in [-0.1, -0.05) is 6.07 Å². The summed E-state index contributed by atoms with van der Waals surface area (Å²) in [5.74, 6) is 0.617. The van der Waals surface area contributed by atoms with Gasteiger partial charge in [-0.05, 0) is 42.0 Å². The van der Waals surface area contributed by atoms with Gasteiger partial charge in [0.2, 0.25) is 5.91 Å². The topological polar surface area (TPSA) is 77.9 Å². The molecule has 3 rings (SSSR count). The molecule has 0 radical (unpaired) electrons. The van der Waals surface area contributed by atoms with E-state index < -0.39 is 0 Å². The van der Waals surface area contributed by atoms with E-state index in [9.17, 15) is 4.79 Å². The van der Waals surface area contributed by atoms with Crippen molar-refractivity contribution in [2.75, 3.05) is 12.4 Å². The van der Waals surface area contributed by atoms with E-state index in [0.717, 1.165) is 22.2 Å². The van der Waals surface area contributed by atoms with E-state index in [4.69, 9.17) is 10.00 Å². The fourth-order valence-electron chi connectivity index (χ4n) is 2.54. The number of nitrogens with one attached hydrogen (secondary N) is 2. The van der Waals surface area contributed by atoms with Crippen molar-refractivity contribution in [3.8, 4) is 11.8 Å². The molecule has 0 atom stereocenters. The second-order valence-electron chi connectivity index (χ2n) is 5.11. The lowest BCUT2D eigenvalue weighted by Crippen LogP contribution is -2.14. The number of carbonyl (C=O) groups is 1. The summed E-state index contributed by atoms with van der Waals surface area (Å²) in [7, 11) is 1.61. The van der Waals surface area contributed by atoms with Crippen LogP contribution in [-0.4, -0.2) is 18.0 Å². The Kier molecular flexibility index (Phi) is 3.98. The van der Waals surface area contributed by atoms with E-state index in [1.54, 1.807) is 31.4 Å². The number of nitrogens with zero attached hydrogens (tertiary/aromatic N) is 1. The maximum atomic E-state index is 12.2. The Balaban J connectivity index is 1.79. The molecule has 1 aromatic heterocycles. The third kappa shape index (κ3) is 3.01. The molecule has 0 bridgehead atoms. The molecule has 1 amide bonds. The molecular weight excluding hydrogens is 290 g/mol. The van der Waals surface area contributed by atoms with Crippen LogP contribution in [0.5, 0.6) is 5.75 Å². The third-order valence-electron chi connectivity index (χ3n) is 3.62. The molecule has 0 fully saturated rings. The number of ether oxygens (including phenoxy) is 1. The molecule has 1 heterocycles. The lowest BCUT2D eigenvalue weighted by Gasteiger charge is -2.06. The van der Waals surface area contributed by atoms with Crippen LogP contribution in [0.3, 0.4) is 0 Å². The van der Waals surface area contributed by atoms with Crippen molar-refractivity contribution in [1.29, 1.82) is 5.26 Å². The molecule has 23 heavy (non-hydrogen) atoms. The lowest BCUT2D eigenvalue weighted by molar-refractivity contribution is -0.115. The minimum absolute atomic E-state index is 0.124. The maximum absolute atomic E-state index is 12.2. The molecule has 5 heteroatoms. The van der Waals surface area contributed by atoms with Crippen molar-refractivity contribution >= 4 is 22.5 Å². The molecule has 0 saturated carbocycles. The van der Waals surface area contributed by atoms with Gasteiger partial charge in [-0.2, -0.15) is 5.26 Å². The number of anilines is 1. The number of rotatable bonds is 4. The zero-order valence-corrected chi connectivity index (χ0v) is 12.6. The first kappa shape index (κ1) is 14.7. The van der Waals surface area contributed by atoms with Gasteiger partial charge in [0, 0.05) is 22.8 Å². The number of amides is 1. The predicted molar refractivity (Wildman–Crippen MR) is 88.3 cm³/mol. The number of nitriles is 1. The van der Waals surface area contributed by atoms with Crippen LogP contribution in [0.15, 0.2) is 48.7 Å². The SMILES string of the molecule is COc1cccc2[nH]cc(CC(=O)Nc3ccc(C#N)cc3)c12. The van der Waals surface area contributed by atoms with Crippen LogP contribution in [0.4, 0.5) is 5.69 Å². The Morgan fingerprint density at radius 1 is 1.26 bits per heavy atom. The van der Waals surface area contributed by atoms with Crippen LogP contribution < -0.4 is 10.1 Å². The second-order valence-corrected chi connectivity index (χ2v) is 5.11. The number of fused-ring (bicyclic) bond motifs is 1. The molecule has 0 unspecified atom stereocenters. The van der Waals surface area contributed by atoms with Crippen LogP contribution in [0.25, 0.3) is 10.9 Å². The van der Waals surface area contributed by atoms with Crippen LogP contribution in [0, 0.1) is 11.3 Å². The van der Waals surface area contributed by atoms with E-state index in [0.29, 0.717) is 11.3 Å². The van der Waals surface area contributed by atoms with Crippen molar-refractivity contribution in [3.05, 3.63) is 59.8 Å². The highest BCUT2D eigenvalue weighted by Crippen LogP contribution is 2.28. The number of aromatic amines is 1. The van der Waals surface area contributed by atoms with Crippen molar-refractivity contribution in [3.63, 3.8) is 0 Å². The van der Waals surface area contributed by atoms with Gasteiger partial charge in [-0.25, -0.2) is 0 Å². The summed E-state index contributed by atoms with van der Waals surface area (Å²) in [6, 6.07) is 14.5. The van der Waals surface area contributed by atoms with Crippen LogP contribution in [0.2, 0.25) is 0 Å². The van der Waals surface area contributed by atoms with Gasteiger partial charge < -0.3 is 15.0 Å². The van der Waals surface area contributed by atoms with Gasteiger partial charge in [0.25, 0.3) is 0 Å². The number of H-pyrrole nitrogens is 1. The van der Waals surface area contributed by atoms with Gasteiger partial charge in [0.1, 0.15) is 5.75 Å². The summed E-state index contributed by atoms with van der Waals surface area (Å²) in [4.78, 5) is 15.4. The summed E-state index contributed by atoms with van der Waals surface area (Å²) in [5, 5.41) is 12.5. The first-order valence-corrected chi connectivity index (χ1v) is 7.14. The molecule has 114 valence electrons. The molecule has 0 saturated heterocycles. The molecule has 0 aliphatic carbocycles. The number of benzene rings is 2. The predicted octanol–water partition coefficient (Wildman–Crippen LogP) is 3.23. The lowest BCUT2D eigenvalue weighted by atomic mass is 10.1. The number of hydrogen-bond donors (Lipinski definition) is 2. The summed E-state index contributed by atoms with van der Waals surface area (Å²) in [5.41, 5.74) is 3.04. The molecule has 0 aliphatic heterocycles. The van der Waals surface area contributed by atoms with Gasteiger partial charge in [-0.15, -0.1) is 0 Å². The second kappa shape index (κ2) is 6.24. The third-order valence-corrected chi connectivity index (χ3v) is 3.62. The van der Waals surface area contributed by atoms with E-state index in [-0.39, 0.29) is 12.3 Å². The van der Waals surface area contributed by atoms with Crippen molar-refractivity contribution in [2.45, 2.75) is 6.42 Å². The molecular formula is C18H15N3O2. The van der Waals surface area contributed by atoms with Crippen LogP contribution in [0.1, 0.15) is 11.1 Å². The normalized spacial score (nSPS) is 10.3. The summed E-state index contributed by atoms with van der Waals surface area (Å²) in [6.45, 7) is 0. The van der Waals surface area contributed by atoms with Crippen molar-refractivity contribution in [1.82, 2.24) is 4.98 Å². The van der Waals surface area contributed by atoms with E-state index >= 15 is 0 Å². The summed E-state index contributed by atoms with van der Waals surface area (Å²) in [6.07, 6.45) is 2.06. The average Bonchev–Trinajstić information content (AvgIpc) is 2.98. The first-order chi connectivity index (χ1) is 11.2. The highest BCUT2D eigenvalue weighted by Gasteiger charge is 2.12. The van der Waals surface area contributed by atoms with Gasteiger partial charge in [0.15, 0.2) is 0 Å². The fraction of sp³-hybridized carbons (Fsp3) is 0.111. The number of hydrogen-bond acceptors (Lipinski definition) is 3. The minimum atomic E-state index is -0.124. The van der Waals surface area contributed by atoms with Crippen LogP contribution >= 0.6 is 0 Å². The minimum Gasteiger partial charge on any atom is -0.496 e. The smallest absolute Gasteiger partial charge is 0.228 e. The molecule has 0 aliphatic rings. The number of carbonyl (C=O) groups excluding carboxylic acids is 1. The Morgan fingerprint density at radius 3 is 2.74 bits per heavy atom. The summed E-state index contributed by atoms with van der Waals surface area (Å²) >= 11 is 0. The monoisotopic (exact) mass is 305 g/mol. The molecule has 2 aromatic carbocycles. The fourth-order valence-corrected chi connectivity index (χ4v) is 2.54. The maximum Gasteiger partial charge on any atom is 0.228 e. The highest BCUT2D eigenvalue weighted by molar-refractivity contribution is 5.97. The van der Waals surface area contributed by atoms with Gasteiger partial charge >= 0.3 is 0 Å². The zero-order valence-electron chi connectivity index (χ0n) is 12.6. The largest absolute Gasteiger partial charge is 0.496 e.